The fraction of sp³-hybridized carbons (Fsp3) is 0.235. The number of Topliss-reactive ketones (excluding diaryl/α,β-unsaturated/α-hetero) is 1. The number of ketones is 1. The summed E-state index contributed by atoms with van der Waals surface area (Å²) >= 11 is 3.47. The maximum absolute atomic E-state index is 12.3. The Labute approximate surface area is 122 Å². The minimum absolute atomic E-state index is 0.169. The normalized spacial score (nSPS) is 10.5. The standard InChI is InChI=1S/C17H17BrO/c1-3-13-7-9-14(10-8-13)11-17(19)15-5-4-6-16(18)12(15)2/h4-10H,3,11H2,1-2H3. The highest BCUT2D eigenvalue weighted by Gasteiger charge is 2.11. The average molecular weight is 317 g/mol. The summed E-state index contributed by atoms with van der Waals surface area (Å²) in [6, 6.07) is 14.0. The van der Waals surface area contributed by atoms with Crippen molar-refractivity contribution in [1.82, 2.24) is 0 Å². The minimum Gasteiger partial charge on any atom is -0.294 e. The molecule has 0 saturated carbocycles. The molecule has 0 aliphatic heterocycles. The van der Waals surface area contributed by atoms with Crippen molar-refractivity contribution in [3.63, 3.8) is 0 Å². The number of rotatable bonds is 4. The largest absolute Gasteiger partial charge is 0.294 e. The van der Waals surface area contributed by atoms with Gasteiger partial charge in [-0.15, -0.1) is 0 Å². The molecule has 0 bridgehead atoms. The molecular weight excluding hydrogens is 300 g/mol. The molecule has 0 spiro atoms. The number of benzene rings is 2. The molecule has 2 aromatic carbocycles. The first kappa shape index (κ1) is 14.0. The first-order valence-corrected chi connectivity index (χ1v) is 7.27. The van der Waals surface area contributed by atoms with Crippen molar-refractivity contribution in [3.8, 4) is 0 Å². The Kier molecular flexibility index (Phi) is 4.54. The van der Waals surface area contributed by atoms with Crippen LogP contribution in [-0.4, -0.2) is 5.78 Å². The van der Waals surface area contributed by atoms with Crippen molar-refractivity contribution in [2.24, 2.45) is 0 Å². The van der Waals surface area contributed by atoms with Gasteiger partial charge in [0.25, 0.3) is 0 Å². The predicted molar refractivity (Wildman–Crippen MR) is 82.7 cm³/mol. The van der Waals surface area contributed by atoms with Crippen LogP contribution in [0.15, 0.2) is 46.9 Å². The van der Waals surface area contributed by atoms with Gasteiger partial charge in [0.15, 0.2) is 5.78 Å². The Bertz CT molecular complexity index is 585. The van der Waals surface area contributed by atoms with Crippen molar-refractivity contribution >= 4 is 21.7 Å². The summed E-state index contributed by atoms with van der Waals surface area (Å²) in [6.45, 7) is 4.10. The van der Waals surface area contributed by atoms with E-state index in [2.05, 4.69) is 35.0 Å². The SMILES string of the molecule is CCc1ccc(CC(=O)c2cccc(Br)c2C)cc1. The van der Waals surface area contributed by atoms with Gasteiger partial charge in [-0.05, 0) is 36.1 Å². The highest BCUT2D eigenvalue weighted by atomic mass is 79.9. The van der Waals surface area contributed by atoms with Crippen LogP contribution in [0.1, 0.15) is 34.0 Å². The van der Waals surface area contributed by atoms with Gasteiger partial charge < -0.3 is 0 Å². The monoisotopic (exact) mass is 316 g/mol. The van der Waals surface area contributed by atoms with E-state index in [-0.39, 0.29) is 5.78 Å². The molecule has 19 heavy (non-hydrogen) atoms. The molecular formula is C17H17BrO. The van der Waals surface area contributed by atoms with E-state index in [1.54, 1.807) is 0 Å². The molecule has 0 unspecified atom stereocenters. The molecule has 0 N–H and O–H groups in total. The third-order valence-electron chi connectivity index (χ3n) is 3.36. The zero-order valence-electron chi connectivity index (χ0n) is 11.2. The van der Waals surface area contributed by atoms with Gasteiger partial charge >= 0.3 is 0 Å². The molecule has 2 rings (SSSR count). The third-order valence-corrected chi connectivity index (χ3v) is 4.22. The van der Waals surface area contributed by atoms with E-state index in [9.17, 15) is 4.79 Å². The number of aryl methyl sites for hydroxylation is 1. The highest BCUT2D eigenvalue weighted by Crippen LogP contribution is 2.21. The second kappa shape index (κ2) is 6.16. The van der Waals surface area contributed by atoms with Crippen molar-refractivity contribution in [2.75, 3.05) is 0 Å². The molecule has 98 valence electrons. The third kappa shape index (κ3) is 3.32. The second-order valence-corrected chi connectivity index (χ2v) is 5.54. The Morgan fingerprint density at radius 1 is 1.05 bits per heavy atom. The van der Waals surface area contributed by atoms with Gasteiger partial charge in [0.2, 0.25) is 0 Å². The Hall–Kier alpha value is -1.41. The van der Waals surface area contributed by atoms with Gasteiger partial charge in [0, 0.05) is 16.5 Å². The summed E-state index contributed by atoms with van der Waals surface area (Å²) in [4.78, 5) is 12.3. The summed E-state index contributed by atoms with van der Waals surface area (Å²) < 4.78 is 0.986. The first-order valence-electron chi connectivity index (χ1n) is 6.48. The lowest BCUT2D eigenvalue weighted by Crippen LogP contribution is -2.06. The van der Waals surface area contributed by atoms with Gasteiger partial charge in [-0.1, -0.05) is 59.3 Å². The molecule has 1 nitrogen and oxygen atoms in total. The second-order valence-electron chi connectivity index (χ2n) is 4.68. The topological polar surface area (TPSA) is 17.1 Å². The number of hydrogen-bond acceptors (Lipinski definition) is 1. The van der Waals surface area contributed by atoms with Crippen LogP contribution in [0.4, 0.5) is 0 Å². The zero-order chi connectivity index (χ0) is 13.8. The minimum atomic E-state index is 0.169. The van der Waals surface area contributed by atoms with Gasteiger partial charge in [0.1, 0.15) is 0 Å². The van der Waals surface area contributed by atoms with E-state index in [1.807, 2.05) is 37.3 Å². The first-order chi connectivity index (χ1) is 9.11. The molecule has 0 amide bonds. The van der Waals surface area contributed by atoms with Crippen molar-refractivity contribution in [3.05, 3.63) is 69.2 Å². The average Bonchev–Trinajstić information content (AvgIpc) is 2.42. The Morgan fingerprint density at radius 2 is 1.68 bits per heavy atom. The van der Waals surface area contributed by atoms with E-state index in [4.69, 9.17) is 0 Å². The molecule has 0 aliphatic rings. The Balaban J connectivity index is 2.18. The van der Waals surface area contributed by atoms with Crippen LogP contribution in [-0.2, 0) is 12.8 Å². The number of hydrogen-bond donors (Lipinski definition) is 0. The summed E-state index contributed by atoms with van der Waals surface area (Å²) in [7, 11) is 0. The Morgan fingerprint density at radius 3 is 2.32 bits per heavy atom. The molecule has 0 aliphatic carbocycles. The van der Waals surface area contributed by atoms with Crippen molar-refractivity contribution in [1.29, 1.82) is 0 Å². The molecule has 0 radical (unpaired) electrons. The molecule has 0 heterocycles. The lowest BCUT2D eigenvalue weighted by atomic mass is 9.98. The van der Waals surface area contributed by atoms with Crippen LogP contribution < -0.4 is 0 Å². The van der Waals surface area contributed by atoms with Gasteiger partial charge in [0.05, 0.1) is 0 Å². The van der Waals surface area contributed by atoms with Crippen LogP contribution in [0.5, 0.6) is 0 Å². The number of carbonyl (C=O) groups is 1. The fourth-order valence-electron chi connectivity index (χ4n) is 2.08. The molecule has 2 aromatic rings. The van der Waals surface area contributed by atoms with Gasteiger partial charge in [-0.3, -0.25) is 4.79 Å². The van der Waals surface area contributed by atoms with Crippen LogP contribution in [0.25, 0.3) is 0 Å². The van der Waals surface area contributed by atoms with E-state index < -0.39 is 0 Å². The summed E-state index contributed by atoms with van der Waals surface area (Å²) in [5.41, 5.74) is 4.18. The molecule has 0 aromatic heterocycles. The summed E-state index contributed by atoms with van der Waals surface area (Å²) in [5, 5.41) is 0. The smallest absolute Gasteiger partial charge is 0.167 e. The summed E-state index contributed by atoms with van der Waals surface area (Å²) in [6.07, 6.45) is 1.49. The van der Waals surface area contributed by atoms with Crippen LogP contribution >= 0.6 is 15.9 Å². The highest BCUT2D eigenvalue weighted by molar-refractivity contribution is 9.10. The van der Waals surface area contributed by atoms with Crippen LogP contribution in [0.3, 0.4) is 0 Å². The van der Waals surface area contributed by atoms with Gasteiger partial charge in [-0.2, -0.15) is 0 Å². The lowest BCUT2D eigenvalue weighted by molar-refractivity contribution is 0.0992. The number of halogens is 1. The van der Waals surface area contributed by atoms with Gasteiger partial charge in [-0.25, -0.2) is 0 Å². The number of carbonyl (C=O) groups excluding carboxylic acids is 1. The fourth-order valence-corrected chi connectivity index (χ4v) is 2.45. The maximum atomic E-state index is 12.3. The molecule has 0 atom stereocenters. The van der Waals surface area contributed by atoms with E-state index in [0.29, 0.717) is 6.42 Å². The molecule has 2 heteroatoms. The quantitative estimate of drug-likeness (QED) is 0.744. The van der Waals surface area contributed by atoms with Crippen LogP contribution in [0, 0.1) is 6.92 Å². The molecule has 0 saturated heterocycles. The van der Waals surface area contributed by atoms with E-state index >= 15 is 0 Å². The predicted octanol–water partition coefficient (Wildman–Crippen LogP) is 4.75. The maximum Gasteiger partial charge on any atom is 0.167 e. The van der Waals surface area contributed by atoms with E-state index in [0.717, 1.165) is 27.6 Å². The van der Waals surface area contributed by atoms with Crippen molar-refractivity contribution in [2.45, 2.75) is 26.7 Å². The molecule has 0 fully saturated rings. The van der Waals surface area contributed by atoms with E-state index in [1.165, 1.54) is 5.56 Å². The van der Waals surface area contributed by atoms with Crippen molar-refractivity contribution < 1.29 is 4.79 Å². The zero-order valence-corrected chi connectivity index (χ0v) is 12.8. The van der Waals surface area contributed by atoms with Crippen LogP contribution in [0.2, 0.25) is 0 Å². The lowest BCUT2D eigenvalue weighted by Gasteiger charge is -2.07. The summed E-state index contributed by atoms with van der Waals surface area (Å²) in [5.74, 6) is 0.169.